The predicted octanol–water partition coefficient (Wildman–Crippen LogP) is 1.18. The molecule has 0 unspecified atom stereocenters. The Morgan fingerprint density at radius 2 is 2.10 bits per heavy atom. The number of rotatable bonds is 3. The minimum atomic E-state index is -0.340. The summed E-state index contributed by atoms with van der Waals surface area (Å²) in [4.78, 5) is 13.9. The molecule has 106 valence electrons. The molecule has 0 saturated carbocycles. The molecule has 2 heterocycles. The standard InChI is InChI=1S/C14H17N3O3/c1-2-20-14(18)13-11-5-3-4-6-12(11)15-17(13)16-7-9-19-10-8-16/h3-6H,2,7-10H2,1H3. The van der Waals surface area contributed by atoms with Gasteiger partial charge in [-0.3, -0.25) is 5.01 Å². The van der Waals surface area contributed by atoms with Gasteiger partial charge in [0, 0.05) is 5.39 Å². The molecule has 0 N–H and O–H groups in total. The molecule has 1 aliphatic rings. The van der Waals surface area contributed by atoms with Crippen molar-refractivity contribution in [1.82, 2.24) is 9.89 Å². The van der Waals surface area contributed by atoms with Crippen molar-refractivity contribution < 1.29 is 14.3 Å². The molecule has 2 aromatic rings. The number of hydrogen-bond acceptors (Lipinski definition) is 5. The molecule has 0 spiro atoms. The Bertz CT molecular complexity index is 617. The van der Waals surface area contributed by atoms with Crippen LogP contribution in [0.1, 0.15) is 17.4 Å². The van der Waals surface area contributed by atoms with Crippen molar-refractivity contribution in [3.05, 3.63) is 30.0 Å². The molecule has 0 bridgehead atoms. The Morgan fingerprint density at radius 3 is 2.85 bits per heavy atom. The van der Waals surface area contributed by atoms with Crippen LogP contribution in [0.3, 0.4) is 0 Å². The Kier molecular flexibility index (Phi) is 3.56. The van der Waals surface area contributed by atoms with Crippen LogP contribution in [0, 0.1) is 0 Å². The zero-order valence-electron chi connectivity index (χ0n) is 11.4. The van der Waals surface area contributed by atoms with Crippen LogP contribution in [0.15, 0.2) is 24.3 Å². The van der Waals surface area contributed by atoms with Crippen LogP contribution in [0.5, 0.6) is 0 Å². The number of morpholine rings is 1. The first-order valence-corrected chi connectivity index (χ1v) is 6.79. The van der Waals surface area contributed by atoms with Gasteiger partial charge in [0.25, 0.3) is 0 Å². The average molecular weight is 275 g/mol. The maximum absolute atomic E-state index is 12.2. The molecule has 1 aliphatic heterocycles. The molecular formula is C14H17N3O3. The third kappa shape index (κ3) is 2.22. The molecule has 1 fully saturated rings. The number of nitrogens with zero attached hydrogens (tertiary/aromatic N) is 3. The number of fused-ring (bicyclic) bond motifs is 1. The second-order valence-electron chi connectivity index (χ2n) is 4.54. The second-order valence-corrected chi connectivity index (χ2v) is 4.54. The third-order valence-corrected chi connectivity index (χ3v) is 3.29. The lowest BCUT2D eigenvalue weighted by atomic mass is 10.2. The summed E-state index contributed by atoms with van der Waals surface area (Å²) in [5.41, 5.74) is 1.28. The van der Waals surface area contributed by atoms with E-state index >= 15 is 0 Å². The lowest BCUT2D eigenvalue weighted by molar-refractivity contribution is 0.0507. The summed E-state index contributed by atoms with van der Waals surface area (Å²) >= 11 is 0. The summed E-state index contributed by atoms with van der Waals surface area (Å²) in [6, 6.07) is 7.60. The first-order valence-electron chi connectivity index (χ1n) is 6.79. The first kappa shape index (κ1) is 12.9. The quantitative estimate of drug-likeness (QED) is 0.787. The zero-order chi connectivity index (χ0) is 13.9. The monoisotopic (exact) mass is 275 g/mol. The third-order valence-electron chi connectivity index (χ3n) is 3.29. The predicted molar refractivity (Wildman–Crippen MR) is 74.5 cm³/mol. The zero-order valence-corrected chi connectivity index (χ0v) is 11.4. The summed E-state index contributed by atoms with van der Waals surface area (Å²) in [7, 11) is 0. The fraction of sp³-hybridized carbons (Fsp3) is 0.429. The van der Waals surface area contributed by atoms with Gasteiger partial charge in [-0.15, -0.1) is 0 Å². The van der Waals surface area contributed by atoms with E-state index in [1.54, 1.807) is 11.7 Å². The van der Waals surface area contributed by atoms with Crippen molar-refractivity contribution in [2.24, 2.45) is 0 Å². The van der Waals surface area contributed by atoms with Gasteiger partial charge in [0.05, 0.1) is 38.4 Å². The van der Waals surface area contributed by atoms with E-state index in [1.807, 2.05) is 29.3 Å². The van der Waals surface area contributed by atoms with E-state index in [0.29, 0.717) is 38.6 Å². The maximum atomic E-state index is 12.2. The molecule has 0 atom stereocenters. The molecular weight excluding hydrogens is 258 g/mol. The van der Waals surface area contributed by atoms with Gasteiger partial charge < -0.3 is 9.47 Å². The molecule has 6 nitrogen and oxygen atoms in total. The van der Waals surface area contributed by atoms with Crippen LogP contribution < -0.4 is 5.01 Å². The van der Waals surface area contributed by atoms with E-state index in [-0.39, 0.29) is 5.97 Å². The molecule has 0 amide bonds. The van der Waals surface area contributed by atoms with E-state index in [0.717, 1.165) is 10.9 Å². The summed E-state index contributed by atoms with van der Waals surface area (Å²) in [5.74, 6) is -0.340. The number of aromatic nitrogens is 2. The molecule has 1 aromatic heterocycles. The number of ether oxygens (including phenoxy) is 2. The fourth-order valence-corrected chi connectivity index (χ4v) is 2.36. The highest BCUT2D eigenvalue weighted by atomic mass is 16.5. The lowest BCUT2D eigenvalue weighted by Gasteiger charge is -2.29. The Morgan fingerprint density at radius 1 is 1.35 bits per heavy atom. The van der Waals surface area contributed by atoms with Crippen LogP contribution in [0.25, 0.3) is 10.9 Å². The summed E-state index contributed by atoms with van der Waals surface area (Å²) in [6.07, 6.45) is 0. The van der Waals surface area contributed by atoms with Crippen LogP contribution in [0.4, 0.5) is 0 Å². The van der Waals surface area contributed by atoms with Crippen LogP contribution in [-0.2, 0) is 9.47 Å². The molecule has 0 aliphatic carbocycles. The number of benzene rings is 1. The Hall–Kier alpha value is -2.08. The molecule has 20 heavy (non-hydrogen) atoms. The van der Waals surface area contributed by atoms with Gasteiger partial charge in [-0.1, -0.05) is 18.2 Å². The first-order chi connectivity index (χ1) is 9.81. The van der Waals surface area contributed by atoms with Crippen LogP contribution >= 0.6 is 0 Å². The molecule has 6 heteroatoms. The van der Waals surface area contributed by atoms with E-state index in [4.69, 9.17) is 9.47 Å². The van der Waals surface area contributed by atoms with Gasteiger partial charge in [-0.05, 0) is 13.0 Å². The highest BCUT2D eigenvalue weighted by Crippen LogP contribution is 2.20. The minimum absolute atomic E-state index is 0.340. The normalized spacial score (nSPS) is 15.6. The largest absolute Gasteiger partial charge is 0.461 e. The minimum Gasteiger partial charge on any atom is -0.461 e. The highest BCUT2D eigenvalue weighted by Gasteiger charge is 2.24. The summed E-state index contributed by atoms with van der Waals surface area (Å²) in [6.45, 7) is 4.84. The van der Waals surface area contributed by atoms with Crippen molar-refractivity contribution in [1.29, 1.82) is 0 Å². The Labute approximate surface area is 116 Å². The number of esters is 1. The number of hydrogen-bond donors (Lipinski definition) is 0. The van der Waals surface area contributed by atoms with Crippen molar-refractivity contribution in [2.75, 3.05) is 37.9 Å². The second kappa shape index (κ2) is 5.50. The van der Waals surface area contributed by atoms with Gasteiger partial charge in [-0.25, -0.2) is 4.79 Å². The molecule has 1 saturated heterocycles. The number of carbonyl (C=O) groups excluding carboxylic acids is 1. The molecule has 0 radical (unpaired) electrons. The van der Waals surface area contributed by atoms with Gasteiger partial charge >= 0.3 is 5.97 Å². The van der Waals surface area contributed by atoms with Gasteiger partial charge in [-0.2, -0.15) is 9.89 Å². The SMILES string of the molecule is CCOC(=O)c1c2ccccc2nn1N1CCOCC1. The highest BCUT2D eigenvalue weighted by molar-refractivity contribution is 6.02. The number of carbonyl (C=O) groups is 1. The van der Waals surface area contributed by atoms with E-state index in [2.05, 4.69) is 5.10 Å². The van der Waals surface area contributed by atoms with Gasteiger partial charge in [0.15, 0.2) is 5.69 Å². The maximum Gasteiger partial charge on any atom is 0.359 e. The van der Waals surface area contributed by atoms with Crippen molar-refractivity contribution in [3.8, 4) is 0 Å². The summed E-state index contributed by atoms with van der Waals surface area (Å²) < 4.78 is 10.5. The van der Waals surface area contributed by atoms with Crippen LogP contribution in [0.2, 0.25) is 0 Å². The van der Waals surface area contributed by atoms with Crippen molar-refractivity contribution >= 4 is 16.9 Å². The Balaban J connectivity index is 2.09. The van der Waals surface area contributed by atoms with Gasteiger partial charge in [0.2, 0.25) is 0 Å². The smallest absolute Gasteiger partial charge is 0.359 e. The lowest BCUT2D eigenvalue weighted by Crippen LogP contribution is -2.46. The summed E-state index contributed by atoms with van der Waals surface area (Å²) in [5, 5.41) is 7.35. The van der Waals surface area contributed by atoms with Gasteiger partial charge in [0.1, 0.15) is 0 Å². The van der Waals surface area contributed by atoms with Crippen LogP contribution in [-0.4, -0.2) is 48.8 Å². The average Bonchev–Trinajstić information content (AvgIpc) is 2.88. The van der Waals surface area contributed by atoms with E-state index in [9.17, 15) is 4.79 Å². The van der Waals surface area contributed by atoms with Crippen molar-refractivity contribution in [3.63, 3.8) is 0 Å². The molecule has 3 rings (SSSR count). The van der Waals surface area contributed by atoms with Crippen molar-refractivity contribution in [2.45, 2.75) is 6.92 Å². The van der Waals surface area contributed by atoms with E-state index in [1.165, 1.54) is 0 Å². The topological polar surface area (TPSA) is 56.6 Å². The van der Waals surface area contributed by atoms with E-state index < -0.39 is 0 Å². The fourth-order valence-electron chi connectivity index (χ4n) is 2.36. The molecule has 1 aromatic carbocycles.